The van der Waals surface area contributed by atoms with Gasteiger partial charge in [-0.1, -0.05) is 38.8 Å². The molecule has 1 saturated carbocycles. The number of hydrogen-bond donors (Lipinski definition) is 2. The fourth-order valence-electron chi connectivity index (χ4n) is 4.24. The van der Waals surface area contributed by atoms with Crippen molar-refractivity contribution in [3.63, 3.8) is 0 Å². The maximum atomic E-state index is 12.6. The van der Waals surface area contributed by atoms with Crippen molar-refractivity contribution in [2.75, 3.05) is 33.3 Å². The Morgan fingerprint density at radius 1 is 1.20 bits per heavy atom. The third-order valence-electron chi connectivity index (χ3n) is 5.98. The van der Waals surface area contributed by atoms with E-state index < -0.39 is 0 Å². The number of carbonyl (C=O) groups excluding carboxylic acids is 1. The van der Waals surface area contributed by atoms with Crippen molar-refractivity contribution < 1.29 is 9.53 Å². The standard InChI is InChI=1S/C24H38N4O2/c1-18(2)17-30-22-10-8-19(9-11-22)12-14-26-24(25-3)27-21-13-15-28(16-21)23(29)20-6-4-5-7-20/h8-11,18,20-21H,4-7,12-17H2,1-3H3,(H2,25,26,27). The molecular formula is C24H38N4O2. The lowest BCUT2D eigenvalue weighted by molar-refractivity contribution is -0.134. The van der Waals surface area contributed by atoms with Crippen LogP contribution >= 0.6 is 0 Å². The summed E-state index contributed by atoms with van der Waals surface area (Å²) in [5.74, 6) is 2.90. The third-order valence-corrected chi connectivity index (χ3v) is 5.98. The fraction of sp³-hybridized carbons (Fsp3) is 0.667. The van der Waals surface area contributed by atoms with Gasteiger partial charge in [0.25, 0.3) is 0 Å². The van der Waals surface area contributed by atoms with E-state index in [1.54, 1.807) is 7.05 Å². The van der Waals surface area contributed by atoms with Crippen molar-refractivity contribution in [3.05, 3.63) is 29.8 Å². The largest absolute Gasteiger partial charge is 0.493 e. The zero-order valence-electron chi connectivity index (χ0n) is 18.8. The molecule has 1 unspecified atom stereocenters. The minimum absolute atomic E-state index is 0.267. The van der Waals surface area contributed by atoms with E-state index in [1.807, 2.05) is 17.0 Å². The van der Waals surface area contributed by atoms with E-state index in [4.69, 9.17) is 4.74 Å². The van der Waals surface area contributed by atoms with Gasteiger partial charge in [-0.2, -0.15) is 0 Å². The molecule has 30 heavy (non-hydrogen) atoms. The second-order valence-corrected chi connectivity index (χ2v) is 8.99. The molecule has 1 aliphatic carbocycles. The van der Waals surface area contributed by atoms with E-state index in [2.05, 4.69) is 41.6 Å². The molecule has 0 spiro atoms. The summed E-state index contributed by atoms with van der Waals surface area (Å²) in [6.45, 7) is 7.50. The Labute approximate surface area is 181 Å². The van der Waals surface area contributed by atoms with Gasteiger partial charge in [0.05, 0.1) is 6.61 Å². The molecule has 1 aromatic carbocycles. The number of amides is 1. The zero-order valence-corrected chi connectivity index (χ0v) is 18.8. The first-order valence-corrected chi connectivity index (χ1v) is 11.5. The van der Waals surface area contributed by atoms with E-state index in [1.165, 1.54) is 18.4 Å². The lowest BCUT2D eigenvalue weighted by atomic mass is 10.1. The molecule has 1 amide bonds. The normalized spacial score (nSPS) is 20.1. The van der Waals surface area contributed by atoms with Crippen LogP contribution in [-0.4, -0.2) is 56.1 Å². The molecule has 1 saturated heterocycles. The first-order valence-electron chi connectivity index (χ1n) is 11.5. The highest BCUT2D eigenvalue weighted by molar-refractivity contribution is 5.81. The summed E-state index contributed by atoms with van der Waals surface area (Å²) >= 11 is 0. The Kier molecular flexibility index (Phi) is 8.40. The SMILES string of the molecule is CN=C(NCCc1ccc(OCC(C)C)cc1)NC1CCN(C(=O)C2CCCC2)C1. The molecule has 2 fully saturated rings. The third kappa shape index (κ3) is 6.64. The number of nitrogens with zero attached hydrogens (tertiary/aromatic N) is 2. The number of carbonyl (C=O) groups is 1. The highest BCUT2D eigenvalue weighted by Gasteiger charge is 2.32. The number of guanidine groups is 1. The topological polar surface area (TPSA) is 66.0 Å². The lowest BCUT2D eigenvalue weighted by Gasteiger charge is -2.21. The van der Waals surface area contributed by atoms with Crippen LogP contribution in [-0.2, 0) is 11.2 Å². The Hall–Kier alpha value is -2.24. The summed E-state index contributed by atoms with van der Waals surface area (Å²) in [5, 5.41) is 6.89. The maximum absolute atomic E-state index is 12.6. The van der Waals surface area contributed by atoms with Gasteiger partial charge < -0.3 is 20.3 Å². The van der Waals surface area contributed by atoms with Crippen molar-refractivity contribution in [2.24, 2.45) is 16.8 Å². The van der Waals surface area contributed by atoms with Gasteiger partial charge in [-0.05, 0) is 49.3 Å². The maximum Gasteiger partial charge on any atom is 0.225 e. The number of nitrogens with one attached hydrogen (secondary N) is 2. The summed E-state index contributed by atoms with van der Waals surface area (Å²) in [5.41, 5.74) is 1.27. The van der Waals surface area contributed by atoms with Crippen molar-refractivity contribution >= 4 is 11.9 Å². The summed E-state index contributed by atoms with van der Waals surface area (Å²) in [6.07, 6.45) is 6.45. The molecule has 6 heteroatoms. The molecule has 2 N–H and O–H groups in total. The molecule has 1 aromatic rings. The summed E-state index contributed by atoms with van der Waals surface area (Å²) < 4.78 is 5.74. The van der Waals surface area contributed by atoms with E-state index in [9.17, 15) is 4.79 Å². The zero-order chi connectivity index (χ0) is 21.3. The van der Waals surface area contributed by atoms with Gasteiger partial charge >= 0.3 is 0 Å². The second kappa shape index (κ2) is 11.2. The average molecular weight is 415 g/mol. The Balaban J connectivity index is 1.37. The van der Waals surface area contributed by atoms with E-state index in [-0.39, 0.29) is 12.0 Å². The van der Waals surface area contributed by atoms with E-state index in [0.717, 1.165) is 63.6 Å². The molecule has 1 aliphatic heterocycles. The Bertz CT molecular complexity index is 696. The fourth-order valence-corrected chi connectivity index (χ4v) is 4.24. The molecule has 0 bridgehead atoms. The molecule has 1 atom stereocenters. The highest BCUT2D eigenvalue weighted by atomic mass is 16.5. The van der Waals surface area contributed by atoms with Crippen molar-refractivity contribution in [1.29, 1.82) is 0 Å². The van der Waals surface area contributed by atoms with E-state index >= 15 is 0 Å². The number of likely N-dealkylation sites (tertiary alicyclic amines) is 1. The molecule has 3 rings (SSSR count). The van der Waals surface area contributed by atoms with Crippen LogP contribution in [0.1, 0.15) is 51.5 Å². The van der Waals surface area contributed by atoms with Crippen LogP contribution in [0.5, 0.6) is 5.75 Å². The van der Waals surface area contributed by atoms with Crippen molar-refractivity contribution in [3.8, 4) is 5.75 Å². The molecule has 0 aromatic heterocycles. The minimum Gasteiger partial charge on any atom is -0.493 e. The molecule has 0 radical (unpaired) electrons. The molecule has 1 heterocycles. The second-order valence-electron chi connectivity index (χ2n) is 8.99. The van der Waals surface area contributed by atoms with Gasteiger partial charge in [-0.3, -0.25) is 9.79 Å². The smallest absolute Gasteiger partial charge is 0.225 e. The minimum atomic E-state index is 0.267. The van der Waals surface area contributed by atoms with Crippen molar-refractivity contribution in [2.45, 2.75) is 58.4 Å². The predicted molar refractivity (Wildman–Crippen MR) is 122 cm³/mol. The summed E-state index contributed by atoms with van der Waals surface area (Å²) in [6, 6.07) is 8.60. The van der Waals surface area contributed by atoms with Gasteiger partial charge in [-0.25, -0.2) is 0 Å². The lowest BCUT2D eigenvalue weighted by Crippen LogP contribution is -2.45. The molecule has 6 nitrogen and oxygen atoms in total. The van der Waals surface area contributed by atoms with Gasteiger partial charge in [0.2, 0.25) is 5.91 Å². The van der Waals surface area contributed by atoms with Crippen LogP contribution in [0.25, 0.3) is 0 Å². The van der Waals surface area contributed by atoms with Gasteiger partial charge in [0.1, 0.15) is 5.75 Å². The predicted octanol–water partition coefficient (Wildman–Crippen LogP) is 3.22. The van der Waals surface area contributed by atoms with Crippen LogP contribution in [0.2, 0.25) is 0 Å². The first-order chi connectivity index (χ1) is 14.5. The first kappa shape index (κ1) is 22.4. The van der Waals surface area contributed by atoms with Crippen molar-refractivity contribution in [1.82, 2.24) is 15.5 Å². The monoisotopic (exact) mass is 414 g/mol. The average Bonchev–Trinajstić information content (AvgIpc) is 3.44. The van der Waals surface area contributed by atoms with Gasteiger partial charge in [-0.15, -0.1) is 0 Å². The number of benzene rings is 1. The van der Waals surface area contributed by atoms with Gasteiger partial charge in [0.15, 0.2) is 5.96 Å². The number of ether oxygens (including phenoxy) is 1. The van der Waals surface area contributed by atoms with Gasteiger partial charge in [0, 0.05) is 38.6 Å². The summed E-state index contributed by atoms with van der Waals surface area (Å²) in [4.78, 5) is 19.0. The number of aliphatic imine (C=N–C) groups is 1. The summed E-state index contributed by atoms with van der Waals surface area (Å²) in [7, 11) is 1.80. The molecule has 166 valence electrons. The van der Waals surface area contributed by atoms with Crippen LogP contribution in [0.4, 0.5) is 0 Å². The van der Waals surface area contributed by atoms with E-state index in [0.29, 0.717) is 11.8 Å². The Morgan fingerprint density at radius 3 is 2.60 bits per heavy atom. The number of hydrogen-bond acceptors (Lipinski definition) is 3. The molecular weight excluding hydrogens is 376 g/mol. The van der Waals surface area contributed by atoms with Crippen LogP contribution in [0.15, 0.2) is 29.3 Å². The molecule has 2 aliphatic rings. The van der Waals surface area contributed by atoms with Crippen LogP contribution in [0.3, 0.4) is 0 Å². The van der Waals surface area contributed by atoms with Crippen LogP contribution < -0.4 is 15.4 Å². The quantitative estimate of drug-likeness (QED) is 0.506. The highest BCUT2D eigenvalue weighted by Crippen LogP contribution is 2.27. The Morgan fingerprint density at radius 2 is 1.93 bits per heavy atom. The van der Waals surface area contributed by atoms with Crippen LogP contribution in [0, 0.1) is 11.8 Å². The number of rotatable bonds is 8.